The van der Waals surface area contributed by atoms with Gasteiger partial charge in [0.2, 0.25) is 5.91 Å². The molecular weight excluding hydrogens is 256 g/mol. The van der Waals surface area contributed by atoms with Crippen molar-refractivity contribution in [3.05, 3.63) is 23.8 Å². The van der Waals surface area contributed by atoms with Crippen molar-refractivity contribution in [1.29, 1.82) is 0 Å². The number of rotatable bonds is 5. The molecule has 1 heterocycles. The number of amides is 1. The number of ether oxygens (including phenoxy) is 2. The highest BCUT2D eigenvalue weighted by molar-refractivity contribution is 5.79. The maximum Gasteiger partial charge on any atom is 0.234 e. The zero-order chi connectivity index (χ0) is 14.7. The number of benzene rings is 1. The molecule has 110 valence electrons. The minimum absolute atomic E-state index is 0.165. The van der Waals surface area contributed by atoms with E-state index in [0.29, 0.717) is 0 Å². The fourth-order valence-corrected chi connectivity index (χ4v) is 2.84. The van der Waals surface area contributed by atoms with E-state index >= 15 is 0 Å². The molecule has 0 unspecified atom stereocenters. The first-order chi connectivity index (χ1) is 9.58. The predicted molar refractivity (Wildman–Crippen MR) is 76.9 cm³/mol. The summed E-state index contributed by atoms with van der Waals surface area (Å²) in [5.74, 6) is 1.26. The molecule has 1 aliphatic heterocycles. The van der Waals surface area contributed by atoms with Crippen LogP contribution >= 0.6 is 0 Å². The van der Waals surface area contributed by atoms with Crippen LogP contribution in [0.15, 0.2) is 18.2 Å². The number of nitrogens with zero attached hydrogens (tertiary/aromatic N) is 1. The molecule has 1 saturated heterocycles. The molecule has 1 amide bonds. The average molecular weight is 278 g/mol. The summed E-state index contributed by atoms with van der Waals surface area (Å²) in [4.78, 5) is 13.6. The average Bonchev–Trinajstić information content (AvgIpc) is 2.94. The number of hydrogen-bond donors (Lipinski definition) is 1. The molecule has 0 spiro atoms. The summed E-state index contributed by atoms with van der Waals surface area (Å²) in [5.41, 5.74) is 6.52. The van der Waals surface area contributed by atoms with Crippen LogP contribution in [-0.2, 0) is 4.79 Å². The summed E-state index contributed by atoms with van der Waals surface area (Å²) in [6.07, 6.45) is 2.05. The van der Waals surface area contributed by atoms with Crippen molar-refractivity contribution in [1.82, 2.24) is 4.90 Å². The molecule has 1 aromatic rings. The van der Waals surface area contributed by atoms with Gasteiger partial charge in [-0.3, -0.25) is 9.69 Å². The SMILES string of the molecule is COc1ccc([C@H]2CCCN2[C@@H](C)C(N)=O)c(OC)c1. The standard InChI is InChI=1S/C15H22N2O3/c1-10(15(16)18)17-8-4-5-13(17)12-7-6-11(19-2)9-14(12)20-3/h6-7,9-10,13H,4-5,8H2,1-3H3,(H2,16,18)/t10-,13+/m0/s1. The van der Waals surface area contributed by atoms with Crippen molar-refractivity contribution in [2.45, 2.75) is 31.8 Å². The van der Waals surface area contributed by atoms with Crippen LogP contribution in [-0.4, -0.2) is 37.6 Å². The molecular formula is C15H22N2O3. The van der Waals surface area contributed by atoms with Crippen LogP contribution in [0.25, 0.3) is 0 Å². The van der Waals surface area contributed by atoms with Gasteiger partial charge < -0.3 is 15.2 Å². The summed E-state index contributed by atoms with van der Waals surface area (Å²) < 4.78 is 10.7. The van der Waals surface area contributed by atoms with Gasteiger partial charge in [0.25, 0.3) is 0 Å². The quantitative estimate of drug-likeness (QED) is 0.890. The summed E-state index contributed by atoms with van der Waals surface area (Å²) in [6, 6.07) is 5.70. The lowest BCUT2D eigenvalue weighted by Gasteiger charge is -2.29. The smallest absolute Gasteiger partial charge is 0.234 e. The molecule has 2 atom stereocenters. The second-order valence-corrected chi connectivity index (χ2v) is 5.08. The summed E-state index contributed by atoms with van der Waals surface area (Å²) >= 11 is 0. The Balaban J connectivity index is 2.32. The van der Waals surface area contributed by atoms with Crippen LogP contribution in [0.2, 0.25) is 0 Å². The van der Waals surface area contributed by atoms with Gasteiger partial charge in [-0.05, 0) is 32.4 Å². The molecule has 1 fully saturated rings. The first-order valence-electron chi connectivity index (χ1n) is 6.85. The Labute approximate surface area is 119 Å². The molecule has 1 aromatic carbocycles. The number of nitrogens with two attached hydrogens (primary N) is 1. The highest BCUT2D eigenvalue weighted by atomic mass is 16.5. The third-order valence-corrected chi connectivity index (χ3v) is 4.00. The fourth-order valence-electron chi connectivity index (χ4n) is 2.84. The van der Waals surface area contributed by atoms with Gasteiger partial charge in [0, 0.05) is 17.7 Å². The summed E-state index contributed by atoms with van der Waals surface area (Å²) in [7, 11) is 3.28. The number of carbonyl (C=O) groups excluding carboxylic acids is 1. The third kappa shape index (κ3) is 2.72. The summed E-state index contributed by atoms with van der Waals surface area (Å²) in [6.45, 7) is 2.74. The zero-order valence-electron chi connectivity index (χ0n) is 12.3. The second kappa shape index (κ2) is 6.13. The topological polar surface area (TPSA) is 64.8 Å². The maximum atomic E-state index is 11.4. The van der Waals surface area contributed by atoms with Gasteiger partial charge >= 0.3 is 0 Å². The maximum absolute atomic E-state index is 11.4. The Morgan fingerprint density at radius 1 is 1.40 bits per heavy atom. The molecule has 20 heavy (non-hydrogen) atoms. The van der Waals surface area contributed by atoms with Gasteiger partial charge in [0.15, 0.2) is 0 Å². The lowest BCUT2D eigenvalue weighted by Crippen LogP contribution is -2.42. The highest BCUT2D eigenvalue weighted by Gasteiger charge is 2.33. The van der Waals surface area contributed by atoms with Gasteiger partial charge in [-0.25, -0.2) is 0 Å². The molecule has 0 aliphatic carbocycles. The van der Waals surface area contributed by atoms with Gasteiger partial charge in [0.05, 0.1) is 20.3 Å². The molecule has 5 heteroatoms. The first-order valence-corrected chi connectivity index (χ1v) is 6.85. The molecule has 2 rings (SSSR count). The number of primary amides is 1. The second-order valence-electron chi connectivity index (χ2n) is 5.08. The van der Waals surface area contributed by atoms with Crippen molar-refractivity contribution in [3.8, 4) is 11.5 Å². The van der Waals surface area contributed by atoms with Gasteiger partial charge in [0.1, 0.15) is 11.5 Å². The Morgan fingerprint density at radius 3 is 2.75 bits per heavy atom. The Kier molecular flexibility index (Phi) is 4.49. The first kappa shape index (κ1) is 14.7. The van der Waals surface area contributed by atoms with E-state index in [1.165, 1.54) is 0 Å². The van der Waals surface area contributed by atoms with E-state index in [1.807, 2.05) is 25.1 Å². The number of hydrogen-bond acceptors (Lipinski definition) is 4. The fraction of sp³-hybridized carbons (Fsp3) is 0.533. The number of methoxy groups -OCH3 is 2. The molecule has 0 saturated carbocycles. The normalized spacial score (nSPS) is 20.6. The minimum atomic E-state index is -0.288. The van der Waals surface area contributed by atoms with Gasteiger partial charge in [-0.15, -0.1) is 0 Å². The van der Waals surface area contributed by atoms with Crippen LogP contribution in [0.3, 0.4) is 0 Å². The van der Waals surface area contributed by atoms with Crippen molar-refractivity contribution >= 4 is 5.91 Å². The van der Waals surface area contributed by atoms with E-state index in [9.17, 15) is 4.79 Å². The van der Waals surface area contributed by atoms with Crippen LogP contribution < -0.4 is 15.2 Å². The zero-order valence-corrected chi connectivity index (χ0v) is 12.3. The van der Waals surface area contributed by atoms with Crippen LogP contribution in [0, 0.1) is 0 Å². The lowest BCUT2D eigenvalue weighted by molar-refractivity contribution is -0.123. The Hall–Kier alpha value is -1.75. The van der Waals surface area contributed by atoms with Crippen molar-refractivity contribution in [2.75, 3.05) is 20.8 Å². The minimum Gasteiger partial charge on any atom is -0.497 e. The van der Waals surface area contributed by atoms with Crippen molar-refractivity contribution < 1.29 is 14.3 Å². The van der Waals surface area contributed by atoms with Crippen molar-refractivity contribution in [2.24, 2.45) is 5.73 Å². The van der Waals surface area contributed by atoms with E-state index in [1.54, 1.807) is 14.2 Å². The van der Waals surface area contributed by atoms with Crippen LogP contribution in [0.1, 0.15) is 31.4 Å². The molecule has 2 N–H and O–H groups in total. The molecule has 0 bridgehead atoms. The Morgan fingerprint density at radius 2 is 2.15 bits per heavy atom. The predicted octanol–water partition coefficient (Wildman–Crippen LogP) is 1.71. The van der Waals surface area contributed by atoms with E-state index in [4.69, 9.17) is 15.2 Å². The van der Waals surface area contributed by atoms with Gasteiger partial charge in [-0.2, -0.15) is 0 Å². The summed E-state index contributed by atoms with van der Waals surface area (Å²) in [5, 5.41) is 0. The number of likely N-dealkylation sites (tertiary alicyclic amines) is 1. The molecule has 5 nitrogen and oxygen atoms in total. The van der Waals surface area contributed by atoms with E-state index < -0.39 is 0 Å². The highest BCUT2D eigenvalue weighted by Crippen LogP contribution is 2.39. The monoisotopic (exact) mass is 278 g/mol. The lowest BCUT2D eigenvalue weighted by atomic mass is 10.0. The molecule has 0 radical (unpaired) electrons. The van der Waals surface area contributed by atoms with Crippen molar-refractivity contribution in [3.63, 3.8) is 0 Å². The van der Waals surface area contributed by atoms with Gasteiger partial charge in [-0.1, -0.05) is 6.07 Å². The van der Waals surface area contributed by atoms with E-state index in [0.717, 1.165) is 36.4 Å². The van der Waals surface area contributed by atoms with Crippen LogP contribution in [0.5, 0.6) is 11.5 Å². The third-order valence-electron chi connectivity index (χ3n) is 4.00. The molecule has 1 aliphatic rings. The Bertz CT molecular complexity index is 490. The van der Waals surface area contributed by atoms with Crippen LogP contribution in [0.4, 0.5) is 0 Å². The molecule has 0 aromatic heterocycles. The largest absolute Gasteiger partial charge is 0.497 e. The number of carbonyl (C=O) groups is 1. The van der Waals surface area contributed by atoms with E-state index in [-0.39, 0.29) is 18.0 Å². The van der Waals surface area contributed by atoms with E-state index in [2.05, 4.69) is 4.90 Å².